The maximum Gasteiger partial charge on any atom is 0.308 e. The molecule has 0 spiro atoms. The van der Waals surface area contributed by atoms with Gasteiger partial charge in [-0.15, -0.1) is 0 Å². The van der Waals surface area contributed by atoms with Gasteiger partial charge in [-0.2, -0.15) is 0 Å². The zero-order valence-corrected chi connectivity index (χ0v) is 14.3. The molecule has 1 aliphatic rings. The molecule has 0 aliphatic carbocycles. The van der Waals surface area contributed by atoms with Crippen molar-refractivity contribution in [1.29, 1.82) is 0 Å². The molecule has 0 saturated carbocycles. The lowest BCUT2D eigenvalue weighted by Gasteiger charge is -2.33. The first-order chi connectivity index (χ1) is 12.6. The van der Waals surface area contributed by atoms with Gasteiger partial charge in [0.15, 0.2) is 0 Å². The van der Waals surface area contributed by atoms with Crippen LogP contribution in [0.5, 0.6) is 0 Å². The topological polar surface area (TPSA) is 102 Å². The zero-order chi connectivity index (χ0) is 18.5. The lowest BCUT2D eigenvalue weighted by Crippen LogP contribution is -2.57. The number of rotatable bonds is 5. The Hall–Kier alpha value is -3.16. The number of nitrogens with zero attached hydrogens (tertiary/aromatic N) is 2. The van der Waals surface area contributed by atoms with E-state index < -0.39 is 17.9 Å². The maximum atomic E-state index is 12.8. The van der Waals surface area contributed by atoms with Crippen LogP contribution >= 0.6 is 0 Å². The first-order valence-electron chi connectivity index (χ1n) is 8.23. The number of methoxy groups -OCH3 is 1. The number of carbonyl (C=O) groups excluding carboxylic acids is 3. The molecule has 1 aliphatic heterocycles. The van der Waals surface area contributed by atoms with Crippen LogP contribution in [0.1, 0.15) is 28.2 Å². The van der Waals surface area contributed by atoms with Gasteiger partial charge in [-0.25, -0.2) is 0 Å². The van der Waals surface area contributed by atoms with Gasteiger partial charge in [0.25, 0.3) is 5.91 Å². The molecule has 136 valence electrons. The highest BCUT2D eigenvalue weighted by Crippen LogP contribution is 2.17. The molecule has 26 heavy (non-hydrogen) atoms. The van der Waals surface area contributed by atoms with Crippen molar-refractivity contribution in [2.24, 2.45) is 0 Å². The van der Waals surface area contributed by atoms with Gasteiger partial charge in [-0.1, -0.05) is 35.5 Å². The highest BCUT2D eigenvalue weighted by atomic mass is 16.5. The molecule has 1 aromatic heterocycles. The number of benzene rings is 1. The molecule has 1 atom stereocenters. The van der Waals surface area contributed by atoms with Crippen molar-refractivity contribution < 1.29 is 23.6 Å². The van der Waals surface area contributed by atoms with Gasteiger partial charge in [-0.3, -0.25) is 14.4 Å². The third kappa shape index (κ3) is 3.90. The molecule has 1 aromatic carbocycles. The Balaban J connectivity index is 1.74. The summed E-state index contributed by atoms with van der Waals surface area (Å²) in [6.45, 7) is 0.591. The molecule has 3 rings (SSSR count). The van der Waals surface area contributed by atoms with Crippen molar-refractivity contribution in [1.82, 2.24) is 15.4 Å². The van der Waals surface area contributed by atoms with E-state index >= 15 is 0 Å². The third-order valence-corrected chi connectivity index (χ3v) is 4.18. The van der Waals surface area contributed by atoms with Crippen LogP contribution in [0.3, 0.4) is 0 Å². The third-order valence-electron chi connectivity index (χ3n) is 4.18. The van der Waals surface area contributed by atoms with Gasteiger partial charge in [-0.05, 0) is 5.56 Å². The number of carbonyl (C=O) groups is 3. The maximum absolute atomic E-state index is 12.8. The Morgan fingerprint density at radius 3 is 2.85 bits per heavy atom. The Morgan fingerprint density at radius 1 is 1.35 bits per heavy atom. The summed E-state index contributed by atoms with van der Waals surface area (Å²) in [5, 5.41) is 6.58. The molecule has 0 radical (unpaired) electrons. The molecule has 1 fully saturated rings. The molecular formula is C18H19N3O5. The highest BCUT2D eigenvalue weighted by Gasteiger charge is 2.36. The second-order valence-corrected chi connectivity index (χ2v) is 5.93. The lowest BCUT2D eigenvalue weighted by molar-refractivity contribution is -0.145. The van der Waals surface area contributed by atoms with E-state index in [1.807, 2.05) is 30.3 Å². The van der Waals surface area contributed by atoms with Crippen molar-refractivity contribution >= 4 is 17.8 Å². The van der Waals surface area contributed by atoms with E-state index in [1.54, 1.807) is 6.07 Å². The van der Waals surface area contributed by atoms with Crippen molar-refractivity contribution in [3.63, 3.8) is 0 Å². The van der Waals surface area contributed by atoms with Crippen LogP contribution in [-0.4, -0.2) is 54.1 Å². The smallest absolute Gasteiger partial charge is 0.308 e. The number of piperazine rings is 1. The average molecular weight is 357 g/mol. The van der Waals surface area contributed by atoms with E-state index in [2.05, 4.69) is 15.2 Å². The summed E-state index contributed by atoms with van der Waals surface area (Å²) in [6, 6.07) is 10.3. The van der Waals surface area contributed by atoms with Gasteiger partial charge in [0.05, 0.1) is 19.2 Å². The minimum Gasteiger partial charge on any atom is -0.469 e. The van der Waals surface area contributed by atoms with E-state index in [9.17, 15) is 14.4 Å². The van der Waals surface area contributed by atoms with E-state index in [0.717, 1.165) is 5.56 Å². The number of hydrogen-bond acceptors (Lipinski definition) is 6. The van der Waals surface area contributed by atoms with Gasteiger partial charge in [0, 0.05) is 25.6 Å². The summed E-state index contributed by atoms with van der Waals surface area (Å²) in [6.07, 6.45) is 0.322. The number of amides is 2. The highest BCUT2D eigenvalue weighted by molar-refractivity contribution is 5.97. The molecule has 2 heterocycles. The average Bonchev–Trinajstić information content (AvgIpc) is 3.12. The molecule has 1 N–H and O–H groups in total. The molecule has 1 saturated heterocycles. The molecule has 8 nitrogen and oxygen atoms in total. The fourth-order valence-electron chi connectivity index (χ4n) is 2.84. The molecule has 0 bridgehead atoms. The van der Waals surface area contributed by atoms with Crippen molar-refractivity contribution in [2.45, 2.75) is 18.9 Å². The fraction of sp³-hybridized carbons (Fsp3) is 0.333. The van der Waals surface area contributed by atoms with Crippen LogP contribution in [0.25, 0.3) is 0 Å². The van der Waals surface area contributed by atoms with E-state index in [-0.39, 0.29) is 24.6 Å². The number of aromatic nitrogens is 1. The van der Waals surface area contributed by atoms with Crippen LogP contribution < -0.4 is 5.32 Å². The van der Waals surface area contributed by atoms with Gasteiger partial charge in [0.2, 0.25) is 11.7 Å². The Labute approximate surface area is 150 Å². The molecule has 2 aromatic rings. The molecule has 1 unspecified atom stereocenters. The number of hydrogen-bond donors (Lipinski definition) is 1. The summed E-state index contributed by atoms with van der Waals surface area (Å²) in [5.41, 5.74) is 1.66. The largest absolute Gasteiger partial charge is 0.469 e. The van der Waals surface area contributed by atoms with Crippen LogP contribution in [0, 0.1) is 0 Å². The monoisotopic (exact) mass is 357 g/mol. The van der Waals surface area contributed by atoms with Gasteiger partial charge < -0.3 is 19.5 Å². The predicted molar refractivity (Wildman–Crippen MR) is 90.2 cm³/mol. The van der Waals surface area contributed by atoms with E-state index in [1.165, 1.54) is 12.0 Å². The standard InChI is InChI=1S/C18H19N3O5/c1-25-16(22)11-14-17(23)19-7-8-21(14)18(24)15-10-13(20-26-15)9-12-5-3-2-4-6-12/h2-6,10,14H,7-9,11H2,1H3,(H,19,23). The summed E-state index contributed by atoms with van der Waals surface area (Å²) >= 11 is 0. The van der Waals surface area contributed by atoms with Crippen LogP contribution in [0.15, 0.2) is 40.9 Å². The Morgan fingerprint density at radius 2 is 2.12 bits per heavy atom. The normalized spacial score (nSPS) is 16.9. The molecule has 8 heteroatoms. The van der Waals surface area contributed by atoms with E-state index in [0.29, 0.717) is 18.7 Å². The van der Waals surface area contributed by atoms with Gasteiger partial charge in [0.1, 0.15) is 6.04 Å². The predicted octanol–water partition coefficient (Wildman–Crippen LogP) is 0.769. The second kappa shape index (κ2) is 7.81. The van der Waals surface area contributed by atoms with Crippen LogP contribution in [0.4, 0.5) is 0 Å². The van der Waals surface area contributed by atoms with Gasteiger partial charge >= 0.3 is 5.97 Å². The first-order valence-corrected chi connectivity index (χ1v) is 8.23. The molecular weight excluding hydrogens is 338 g/mol. The minimum atomic E-state index is -0.925. The van der Waals surface area contributed by atoms with Crippen LogP contribution in [0.2, 0.25) is 0 Å². The quantitative estimate of drug-likeness (QED) is 0.793. The number of nitrogens with one attached hydrogen (secondary N) is 1. The Bertz CT molecular complexity index is 802. The van der Waals surface area contributed by atoms with Crippen molar-refractivity contribution in [3.05, 3.63) is 53.4 Å². The number of esters is 1. The summed E-state index contributed by atoms with van der Waals surface area (Å²) in [5.74, 6) is -1.38. The number of ether oxygens (including phenoxy) is 1. The van der Waals surface area contributed by atoms with E-state index in [4.69, 9.17) is 4.52 Å². The summed E-state index contributed by atoms with van der Waals surface area (Å²) in [4.78, 5) is 37.7. The Kier molecular flexibility index (Phi) is 5.31. The SMILES string of the molecule is COC(=O)CC1C(=O)NCCN1C(=O)c1cc(Cc2ccccc2)no1. The first kappa shape index (κ1) is 17.7. The van der Waals surface area contributed by atoms with Crippen molar-refractivity contribution in [2.75, 3.05) is 20.2 Å². The second-order valence-electron chi connectivity index (χ2n) is 5.93. The van der Waals surface area contributed by atoms with Crippen molar-refractivity contribution in [3.8, 4) is 0 Å². The lowest BCUT2D eigenvalue weighted by atomic mass is 10.1. The minimum absolute atomic E-state index is 0.0421. The summed E-state index contributed by atoms with van der Waals surface area (Å²) in [7, 11) is 1.24. The fourth-order valence-corrected chi connectivity index (χ4v) is 2.84. The summed E-state index contributed by atoms with van der Waals surface area (Å²) < 4.78 is 9.79. The zero-order valence-electron chi connectivity index (χ0n) is 14.3. The van der Waals surface area contributed by atoms with Crippen LogP contribution in [-0.2, 0) is 20.7 Å². The molecule has 2 amide bonds.